The zero-order valence-electron chi connectivity index (χ0n) is 13.6. The molecule has 0 bridgehead atoms. The number of amides is 1. The number of benzene rings is 1. The van der Waals surface area contributed by atoms with Crippen LogP contribution in [0.5, 0.6) is 0 Å². The van der Waals surface area contributed by atoms with Crippen molar-refractivity contribution in [3.05, 3.63) is 41.8 Å². The molecular formula is C17H22ClN3O3. The first-order valence-corrected chi connectivity index (χ1v) is 7.84. The van der Waals surface area contributed by atoms with Gasteiger partial charge in [-0.3, -0.25) is 4.79 Å². The van der Waals surface area contributed by atoms with E-state index in [2.05, 4.69) is 15.6 Å². The number of hydrogen-bond acceptors (Lipinski definition) is 5. The van der Waals surface area contributed by atoms with Gasteiger partial charge in [-0.05, 0) is 19.1 Å². The van der Waals surface area contributed by atoms with E-state index in [0.717, 1.165) is 17.8 Å². The fourth-order valence-corrected chi connectivity index (χ4v) is 2.41. The maximum Gasteiger partial charge on any atom is 0.250 e. The molecule has 3 rings (SSSR count). The lowest BCUT2D eigenvalue weighted by molar-refractivity contribution is -0.134. The molecule has 130 valence electrons. The molecular weight excluding hydrogens is 330 g/mol. The molecule has 0 aliphatic carbocycles. The zero-order chi connectivity index (χ0) is 16.1. The lowest BCUT2D eigenvalue weighted by atomic mass is 10.1. The average molecular weight is 352 g/mol. The van der Waals surface area contributed by atoms with Crippen molar-refractivity contribution in [2.75, 3.05) is 26.2 Å². The molecule has 2 N–H and O–H groups in total. The molecule has 1 saturated heterocycles. The fraction of sp³-hybridized carbons (Fsp3) is 0.412. The Bertz CT molecular complexity index is 651. The molecule has 2 aromatic rings. The van der Waals surface area contributed by atoms with E-state index in [1.54, 1.807) is 6.26 Å². The van der Waals surface area contributed by atoms with Gasteiger partial charge in [0.1, 0.15) is 12.4 Å². The first kappa shape index (κ1) is 18.4. The van der Waals surface area contributed by atoms with Crippen molar-refractivity contribution in [2.24, 2.45) is 0 Å². The van der Waals surface area contributed by atoms with Gasteiger partial charge in [0.2, 0.25) is 11.8 Å². The number of ether oxygens (including phenoxy) is 1. The van der Waals surface area contributed by atoms with E-state index < -0.39 is 6.10 Å². The molecule has 1 amide bonds. The zero-order valence-corrected chi connectivity index (χ0v) is 14.4. The third-order valence-electron chi connectivity index (χ3n) is 3.75. The van der Waals surface area contributed by atoms with Gasteiger partial charge >= 0.3 is 0 Å². The lowest BCUT2D eigenvalue weighted by Crippen LogP contribution is -2.48. The Labute approximate surface area is 147 Å². The standard InChI is InChI=1S/C17H21N3O3.ClH/c1-12-2-4-13(5-3-12)17-20-14(11-23-17)6-7-19-16(21)15-10-18-8-9-22-15;/h2-5,11,15,18H,6-10H2,1H3,(H,19,21);1H. The van der Waals surface area contributed by atoms with E-state index in [4.69, 9.17) is 9.15 Å². The van der Waals surface area contributed by atoms with E-state index in [-0.39, 0.29) is 18.3 Å². The minimum atomic E-state index is -0.399. The Kier molecular flexibility index (Phi) is 6.78. The van der Waals surface area contributed by atoms with Crippen molar-refractivity contribution in [3.8, 4) is 11.5 Å². The number of morpholine rings is 1. The smallest absolute Gasteiger partial charge is 0.250 e. The summed E-state index contributed by atoms with van der Waals surface area (Å²) in [6.45, 7) is 4.48. The van der Waals surface area contributed by atoms with Crippen LogP contribution in [0.1, 0.15) is 11.3 Å². The van der Waals surface area contributed by atoms with Gasteiger partial charge in [-0.1, -0.05) is 17.7 Å². The van der Waals surface area contributed by atoms with Crippen molar-refractivity contribution in [1.29, 1.82) is 0 Å². The Morgan fingerprint density at radius 3 is 2.88 bits per heavy atom. The highest BCUT2D eigenvalue weighted by Crippen LogP contribution is 2.19. The maximum absolute atomic E-state index is 11.9. The first-order chi connectivity index (χ1) is 11.2. The molecule has 0 radical (unpaired) electrons. The van der Waals surface area contributed by atoms with E-state index >= 15 is 0 Å². The Balaban J connectivity index is 0.00000208. The van der Waals surface area contributed by atoms with Crippen molar-refractivity contribution in [1.82, 2.24) is 15.6 Å². The predicted molar refractivity (Wildman–Crippen MR) is 93.2 cm³/mol. The largest absolute Gasteiger partial charge is 0.444 e. The molecule has 0 spiro atoms. The van der Waals surface area contributed by atoms with Gasteiger partial charge in [-0.15, -0.1) is 12.4 Å². The number of rotatable bonds is 5. The number of hydrogen-bond donors (Lipinski definition) is 2. The third kappa shape index (κ3) is 4.80. The molecule has 24 heavy (non-hydrogen) atoms. The monoisotopic (exact) mass is 351 g/mol. The third-order valence-corrected chi connectivity index (χ3v) is 3.75. The topological polar surface area (TPSA) is 76.4 Å². The predicted octanol–water partition coefficient (Wildman–Crippen LogP) is 1.72. The molecule has 1 aromatic heterocycles. The lowest BCUT2D eigenvalue weighted by Gasteiger charge is -2.22. The quantitative estimate of drug-likeness (QED) is 0.857. The molecule has 6 nitrogen and oxygen atoms in total. The van der Waals surface area contributed by atoms with Crippen LogP contribution in [0, 0.1) is 6.92 Å². The van der Waals surface area contributed by atoms with Crippen molar-refractivity contribution >= 4 is 18.3 Å². The summed E-state index contributed by atoms with van der Waals surface area (Å²) in [4.78, 5) is 16.4. The second kappa shape index (κ2) is 8.82. The molecule has 1 atom stereocenters. The van der Waals surface area contributed by atoms with Crippen LogP contribution in [0.25, 0.3) is 11.5 Å². The normalized spacial score (nSPS) is 17.1. The van der Waals surface area contributed by atoms with E-state index in [1.165, 1.54) is 5.56 Å². The van der Waals surface area contributed by atoms with Gasteiger partial charge in [0.15, 0.2) is 0 Å². The summed E-state index contributed by atoms with van der Waals surface area (Å²) in [6, 6.07) is 8.02. The minimum absolute atomic E-state index is 0. The van der Waals surface area contributed by atoms with Crippen LogP contribution in [0.15, 0.2) is 34.9 Å². The summed E-state index contributed by atoms with van der Waals surface area (Å²) in [7, 11) is 0. The highest BCUT2D eigenvalue weighted by molar-refractivity contribution is 5.85. The highest BCUT2D eigenvalue weighted by atomic mass is 35.5. The van der Waals surface area contributed by atoms with Crippen molar-refractivity contribution in [3.63, 3.8) is 0 Å². The van der Waals surface area contributed by atoms with Crippen LogP contribution >= 0.6 is 12.4 Å². The van der Waals surface area contributed by atoms with E-state index in [9.17, 15) is 4.79 Å². The Hall–Kier alpha value is -1.89. The number of aryl methyl sites for hydroxylation is 1. The second-order valence-electron chi connectivity index (χ2n) is 5.61. The van der Waals surface area contributed by atoms with Crippen LogP contribution in [-0.4, -0.2) is 43.2 Å². The number of halogens is 1. The summed E-state index contributed by atoms with van der Waals surface area (Å²) in [5, 5.41) is 6.01. The number of nitrogens with one attached hydrogen (secondary N) is 2. The van der Waals surface area contributed by atoms with Gasteiger partial charge in [-0.25, -0.2) is 4.98 Å². The van der Waals surface area contributed by atoms with E-state index in [0.29, 0.717) is 32.0 Å². The first-order valence-electron chi connectivity index (χ1n) is 7.84. The summed E-state index contributed by atoms with van der Waals surface area (Å²) < 4.78 is 10.9. The Morgan fingerprint density at radius 2 is 2.17 bits per heavy atom. The van der Waals surface area contributed by atoms with Gasteiger partial charge < -0.3 is 19.8 Å². The molecule has 2 heterocycles. The molecule has 1 unspecified atom stereocenters. The molecule has 0 saturated carbocycles. The van der Waals surface area contributed by atoms with Crippen LogP contribution in [-0.2, 0) is 16.0 Å². The molecule has 1 fully saturated rings. The summed E-state index contributed by atoms with van der Waals surface area (Å²) in [5.74, 6) is 0.519. The van der Waals surface area contributed by atoms with Crippen molar-refractivity contribution < 1.29 is 13.9 Å². The van der Waals surface area contributed by atoms with E-state index in [1.807, 2.05) is 31.2 Å². The molecule has 7 heteroatoms. The number of oxazole rings is 1. The van der Waals surface area contributed by atoms with Crippen LogP contribution in [0.4, 0.5) is 0 Å². The van der Waals surface area contributed by atoms with Crippen LogP contribution in [0.3, 0.4) is 0 Å². The van der Waals surface area contributed by atoms with Gasteiger partial charge in [-0.2, -0.15) is 0 Å². The summed E-state index contributed by atoms with van der Waals surface area (Å²) in [6.07, 6.45) is 1.87. The SMILES string of the molecule is Cc1ccc(-c2nc(CCNC(=O)C3CNCCO3)co2)cc1.Cl. The average Bonchev–Trinajstić information content (AvgIpc) is 3.05. The second-order valence-corrected chi connectivity index (χ2v) is 5.61. The molecule has 1 aliphatic heterocycles. The van der Waals surface area contributed by atoms with Gasteiger partial charge in [0.05, 0.1) is 12.3 Å². The highest BCUT2D eigenvalue weighted by Gasteiger charge is 2.21. The minimum Gasteiger partial charge on any atom is -0.444 e. The number of carbonyl (C=O) groups is 1. The fourth-order valence-electron chi connectivity index (χ4n) is 2.41. The van der Waals surface area contributed by atoms with Crippen molar-refractivity contribution in [2.45, 2.75) is 19.4 Å². The molecule has 1 aliphatic rings. The summed E-state index contributed by atoms with van der Waals surface area (Å²) >= 11 is 0. The van der Waals surface area contributed by atoms with Crippen LogP contribution in [0.2, 0.25) is 0 Å². The summed E-state index contributed by atoms with van der Waals surface area (Å²) in [5.41, 5.74) is 2.97. The molecule has 1 aromatic carbocycles. The number of nitrogens with zero attached hydrogens (tertiary/aromatic N) is 1. The maximum atomic E-state index is 11.9. The van der Waals surface area contributed by atoms with Crippen LogP contribution < -0.4 is 10.6 Å². The number of aromatic nitrogens is 1. The van der Waals surface area contributed by atoms with Gasteiger partial charge in [0.25, 0.3) is 0 Å². The van der Waals surface area contributed by atoms with Gasteiger partial charge in [0, 0.05) is 31.6 Å². The Morgan fingerprint density at radius 1 is 1.38 bits per heavy atom. The number of carbonyl (C=O) groups excluding carboxylic acids is 1.